The number of rotatable bonds is 5. The lowest BCUT2D eigenvalue weighted by atomic mass is 10.1. The Hall–Kier alpha value is -0.660. The first-order valence-corrected chi connectivity index (χ1v) is 8.38. The van der Waals surface area contributed by atoms with E-state index in [1.165, 1.54) is 0 Å². The summed E-state index contributed by atoms with van der Waals surface area (Å²) in [4.78, 5) is 15.5. The zero-order valence-corrected chi connectivity index (χ0v) is 12.7. The average molecular weight is 292 g/mol. The molecule has 0 atom stereocenters. The zero-order chi connectivity index (χ0) is 14.7. The van der Waals surface area contributed by atoms with Crippen molar-refractivity contribution in [3.05, 3.63) is 0 Å². The molecule has 0 bridgehead atoms. The quantitative estimate of drug-likeness (QED) is 0.727. The van der Waals surface area contributed by atoms with Gasteiger partial charge in [0.25, 0.3) is 0 Å². The van der Waals surface area contributed by atoms with Gasteiger partial charge in [0, 0.05) is 38.5 Å². The van der Waals surface area contributed by atoms with Gasteiger partial charge in [-0.3, -0.25) is 9.69 Å². The number of sulfone groups is 1. The summed E-state index contributed by atoms with van der Waals surface area (Å²) in [6, 6.07) is 0. The molecule has 0 spiro atoms. The van der Waals surface area contributed by atoms with Crippen LogP contribution in [0.25, 0.3) is 0 Å². The molecule has 1 saturated heterocycles. The van der Waals surface area contributed by atoms with E-state index in [1.54, 1.807) is 25.7 Å². The van der Waals surface area contributed by atoms with Crippen molar-refractivity contribution >= 4 is 15.7 Å². The van der Waals surface area contributed by atoms with Crippen molar-refractivity contribution in [2.75, 3.05) is 44.2 Å². The Labute approximate surface area is 115 Å². The molecule has 6 nitrogen and oxygen atoms in total. The van der Waals surface area contributed by atoms with Gasteiger partial charge in [0.1, 0.15) is 5.75 Å². The molecule has 1 rings (SSSR count). The van der Waals surface area contributed by atoms with Crippen LogP contribution in [-0.2, 0) is 14.6 Å². The van der Waals surface area contributed by atoms with Crippen molar-refractivity contribution in [1.82, 2.24) is 9.80 Å². The van der Waals surface area contributed by atoms with Crippen LogP contribution < -0.4 is 0 Å². The summed E-state index contributed by atoms with van der Waals surface area (Å²) < 4.78 is 22.8. The first-order chi connectivity index (χ1) is 8.63. The monoisotopic (exact) mass is 292 g/mol. The highest BCUT2D eigenvalue weighted by molar-refractivity contribution is 7.92. The fourth-order valence-corrected chi connectivity index (χ4v) is 2.85. The maximum atomic E-state index is 11.8. The molecule has 0 radical (unpaired) electrons. The number of piperazine rings is 1. The molecule has 7 heteroatoms. The van der Waals surface area contributed by atoms with E-state index in [-0.39, 0.29) is 11.7 Å². The predicted octanol–water partition coefficient (Wildman–Crippen LogP) is -0.664. The van der Waals surface area contributed by atoms with Crippen LogP contribution in [0, 0.1) is 0 Å². The maximum Gasteiger partial charge on any atom is 0.237 e. The lowest BCUT2D eigenvalue weighted by molar-refractivity contribution is -0.130. The Morgan fingerprint density at radius 1 is 1.21 bits per heavy atom. The van der Waals surface area contributed by atoms with Gasteiger partial charge in [-0.1, -0.05) is 6.92 Å². The minimum atomic E-state index is -3.26. The third-order valence-electron chi connectivity index (χ3n) is 3.12. The number of carbonyl (C=O) groups excluding carboxylic acids is 1. The van der Waals surface area contributed by atoms with Crippen LogP contribution in [0.1, 0.15) is 20.8 Å². The molecule has 0 aromatic heterocycles. The summed E-state index contributed by atoms with van der Waals surface area (Å²) in [5.41, 5.74) is -0.752. The van der Waals surface area contributed by atoms with Gasteiger partial charge in [-0.25, -0.2) is 8.42 Å². The number of carbonyl (C=O) groups is 1. The second-order valence-corrected chi connectivity index (χ2v) is 8.00. The van der Waals surface area contributed by atoms with Gasteiger partial charge in [-0.05, 0) is 13.8 Å². The molecule has 1 heterocycles. The highest BCUT2D eigenvalue weighted by Gasteiger charge is 2.26. The third kappa shape index (κ3) is 5.88. The van der Waals surface area contributed by atoms with Crippen LogP contribution in [0.15, 0.2) is 0 Å². The summed E-state index contributed by atoms with van der Waals surface area (Å²) in [6.45, 7) is 7.98. The van der Waals surface area contributed by atoms with Crippen molar-refractivity contribution in [2.45, 2.75) is 26.4 Å². The van der Waals surface area contributed by atoms with Gasteiger partial charge >= 0.3 is 0 Å². The summed E-state index contributed by atoms with van der Waals surface area (Å²) in [7, 11) is -3.26. The van der Waals surface area contributed by atoms with E-state index in [0.717, 1.165) is 0 Å². The molecule has 0 saturated carbocycles. The summed E-state index contributed by atoms with van der Waals surface area (Å²) in [5.74, 6) is -0.711. The average Bonchev–Trinajstić information content (AvgIpc) is 2.27. The van der Waals surface area contributed by atoms with Crippen LogP contribution in [0.3, 0.4) is 0 Å². The van der Waals surface area contributed by atoms with Crippen LogP contribution in [-0.4, -0.2) is 79.1 Å². The molecule has 1 fully saturated rings. The van der Waals surface area contributed by atoms with E-state index in [9.17, 15) is 18.3 Å². The fraction of sp³-hybridized carbons (Fsp3) is 0.917. The molecule has 0 aromatic rings. The Morgan fingerprint density at radius 3 is 2.16 bits per heavy atom. The summed E-state index contributed by atoms with van der Waals surface area (Å²) >= 11 is 0. The minimum absolute atomic E-state index is 0.00257. The van der Waals surface area contributed by atoms with Gasteiger partial charge in [-0.15, -0.1) is 0 Å². The molecular weight excluding hydrogens is 268 g/mol. The molecule has 1 N–H and O–H groups in total. The van der Waals surface area contributed by atoms with Crippen LogP contribution in [0.5, 0.6) is 0 Å². The largest absolute Gasteiger partial charge is 0.389 e. The molecule has 19 heavy (non-hydrogen) atoms. The van der Waals surface area contributed by atoms with E-state index < -0.39 is 21.2 Å². The first kappa shape index (κ1) is 16.4. The minimum Gasteiger partial charge on any atom is -0.389 e. The van der Waals surface area contributed by atoms with E-state index in [2.05, 4.69) is 4.90 Å². The maximum absolute atomic E-state index is 11.8. The van der Waals surface area contributed by atoms with Crippen LogP contribution in [0.2, 0.25) is 0 Å². The number of β-amino-alcohol motifs (C(OH)–C–C–N with tert-alkyl or cyclic N) is 1. The molecular formula is C12H24N2O4S. The Bertz CT molecular complexity index is 406. The molecule has 0 aromatic carbocycles. The van der Waals surface area contributed by atoms with Crippen molar-refractivity contribution in [1.29, 1.82) is 0 Å². The number of hydrogen-bond acceptors (Lipinski definition) is 5. The van der Waals surface area contributed by atoms with Crippen LogP contribution in [0.4, 0.5) is 0 Å². The topological polar surface area (TPSA) is 77.9 Å². The molecule has 1 aliphatic rings. The zero-order valence-electron chi connectivity index (χ0n) is 11.9. The fourth-order valence-electron chi connectivity index (χ4n) is 2.08. The Balaban J connectivity index is 2.44. The van der Waals surface area contributed by atoms with Gasteiger partial charge in [-0.2, -0.15) is 0 Å². The van der Waals surface area contributed by atoms with E-state index in [0.29, 0.717) is 32.7 Å². The number of amides is 1. The second-order valence-electron chi connectivity index (χ2n) is 5.65. The standard InChI is InChI=1S/C12H24N2O4S/c1-4-19(17,18)9-11(15)14-7-5-13(6-8-14)10-12(2,3)16/h16H,4-10H2,1-3H3. The highest BCUT2D eigenvalue weighted by atomic mass is 32.2. The molecule has 112 valence electrons. The first-order valence-electron chi connectivity index (χ1n) is 6.56. The number of nitrogens with zero attached hydrogens (tertiary/aromatic N) is 2. The Kier molecular flexibility index (Phi) is 5.34. The normalized spacial score (nSPS) is 18.6. The van der Waals surface area contributed by atoms with E-state index in [4.69, 9.17) is 0 Å². The van der Waals surface area contributed by atoms with Crippen LogP contribution >= 0.6 is 0 Å². The lowest BCUT2D eigenvalue weighted by Crippen LogP contribution is -2.52. The van der Waals surface area contributed by atoms with Crippen molar-refractivity contribution in [3.8, 4) is 0 Å². The smallest absolute Gasteiger partial charge is 0.237 e. The third-order valence-corrected chi connectivity index (χ3v) is 4.69. The van der Waals surface area contributed by atoms with E-state index in [1.807, 2.05) is 0 Å². The van der Waals surface area contributed by atoms with Gasteiger partial charge in [0.2, 0.25) is 5.91 Å². The molecule has 0 aliphatic carbocycles. The Morgan fingerprint density at radius 2 is 1.74 bits per heavy atom. The molecule has 1 amide bonds. The van der Waals surface area contributed by atoms with Gasteiger partial charge in [0.15, 0.2) is 9.84 Å². The lowest BCUT2D eigenvalue weighted by Gasteiger charge is -2.37. The molecule has 0 unspecified atom stereocenters. The number of hydrogen-bond donors (Lipinski definition) is 1. The summed E-state index contributed by atoms with van der Waals surface area (Å²) in [5, 5.41) is 9.73. The highest BCUT2D eigenvalue weighted by Crippen LogP contribution is 2.09. The van der Waals surface area contributed by atoms with Crippen molar-refractivity contribution in [2.24, 2.45) is 0 Å². The van der Waals surface area contributed by atoms with Crippen molar-refractivity contribution in [3.63, 3.8) is 0 Å². The second kappa shape index (κ2) is 6.19. The predicted molar refractivity (Wildman–Crippen MR) is 73.6 cm³/mol. The van der Waals surface area contributed by atoms with Gasteiger partial charge < -0.3 is 10.0 Å². The SMILES string of the molecule is CCS(=O)(=O)CC(=O)N1CCN(CC(C)(C)O)CC1. The molecule has 1 aliphatic heterocycles. The number of aliphatic hydroxyl groups is 1. The summed E-state index contributed by atoms with van der Waals surface area (Å²) in [6.07, 6.45) is 0. The van der Waals surface area contributed by atoms with E-state index >= 15 is 0 Å². The van der Waals surface area contributed by atoms with Gasteiger partial charge in [0.05, 0.1) is 5.60 Å². The van der Waals surface area contributed by atoms with Crippen molar-refractivity contribution < 1.29 is 18.3 Å².